The second-order valence-electron chi connectivity index (χ2n) is 6.63. The minimum absolute atomic E-state index is 0.207. The number of nitrogens with one attached hydrogen (secondary N) is 3. The van der Waals surface area contributed by atoms with Gasteiger partial charge in [-0.05, 0) is 25.5 Å². The summed E-state index contributed by atoms with van der Waals surface area (Å²) >= 11 is 0. The third-order valence-electron chi connectivity index (χ3n) is 4.46. The van der Waals surface area contributed by atoms with Gasteiger partial charge < -0.3 is 15.6 Å². The van der Waals surface area contributed by atoms with Crippen molar-refractivity contribution in [2.75, 3.05) is 11.9 Å². The number of hydrogen-bond acceptors (Lipinski definition) is 5. The fourth-order valence-electron chi connectivity index (χ4n) is 2.68. The molecule has 154 valence electrons. The molecule has 1 atom stereocenters. The lowest BCUT2D eigenvalue weighted by Crippen LogP contribution is -2.52. The summed E-state index contributed by atoms with van der Waals surface area (Å²) in [4.78, 5) is 27.6. The average molecular weight is 410 g/mol. The molecule has 7 nitrogen and oxygen atoms in total. The highest BCUT2D eigenvalue weighted by atomic mass is 19.4. The summed E-state index contributed by atoms with van der Waals surface area (Å²) in [5, 5.41) is 5.23. The lowest BCUT2D eigenvalue weighted by atomic mass is 9.97. The number of aromatic amines is 1. The van der Waals surface area contributed by atoms with E-state index in [-0.39, 0.29) is 18.1 Å². The van der Waals surface area contributed by atoms with E-state index in [4.69, 9.17) is 0 Å². The Hall–Kier alpha value is -3.24. The molecule has 3 heterocycles. The van der Waals surface area contributed by atoms with Crippen LogP contribution in [0.1, 0.15) is 20.3 Å². The molecule has 0 radical (unpaired) electrons. The molecule has 0 aliphatic rings. The molecule has 0 saturated heterocycles. The van der Waals surface area contributed by atoms with Crippen LogP contribution in [0.15, 0.2) is 30.7 Å². The van der Waals surface area contributed by atoms with Gasteiger partial charge in [0.05, 0.1) is 6.20 Å². The lowest BCUT2D eigenvalue weighted by Gasteiger charge is -2.29. The topological polar surface area (TPSA) is 95.6 Å². The fourth-order valence-corrected chi connectivity index (χ4v) is 2.68. The van der Waals surface area contributed by atoms with Gasteiger partial charge in [0.25, 0.3) is 0 Å². The molecule has 1 unspecified atom stereocenters. The summed E-state index contributed by atoms with van der Waals surface area (Å²) in [6.07, 6.45) is -0.220. The van der Waals surface area contributed by atoms with Gasteiger partial charge in [0.1, 0.15) is 29.4 Å². The maximum absolute atomic E-state index is 13.5. The number of hydrogen-bond donors (Lipinski definition) is 3. The first-order chi connectivity index (χ1) is 13.6. The number of anilines is 1. The zero-order chi connectivity index (χ0) is 21.2. The number of fused-ring (bicyclic) bond motifs is 1. The highest BCUT2D eigenvalue weighted by Crippen LogP contribution is 2.27. The summed E-state index contributed by atoms with van der Waals surface area (Å²) in [6, 6.07) is 2.78. The van der Waals surface area contributed by atoms with E-state index in [1.54, 1.807) is 13.1 Å². The van der Waals surface area contributed by atoms with Crippen molar-refractivity contribution in [3.8, 4) is 11.4 Å². The zero-order valence-corrected chi connectivity index (χ0v) is 15.6. The van der Waals surface area contributed by atoms with Crippen molar-refractivity contribution in [1.29, 1.82) is 0 Å². The van der Waals surface area contributed by atoms with Crippen LogP contribution in [0.4, 0.5) is 23.4 Å². The monoisotopic (exact) mass is 410 g/mol. The summed E-state index contributed by atoms with van der Waals surface area (Å²) in [5.41, 5.74) is -0.381. The van der Waals surface area contributed by atoms with Crippen LogP contribution in [-0.4, -0.2) is 44.1 Å². The van der Waals surface area contributed by atoms with E-state index in [9.17, 15) is 22.4 Å². The number of H-pyrrole nitrogens is 1. The molecular weight excluding hydrogens is 392 g/mol. The second-order valence-corrected chi connectivity index (χ2v) is 6.63. The number of halogens is 4. The molecule has 3 aromatic rings. The highest BCUT2D eigenvalue weighted by Gasteiger charge is 2.35. The summed E-state index contributed by atoms with van der Waals surface area (Å²) in [7, 11) is 0. The quantitative estimate of drug-likeness (QED) is 0.542. The largest absolute Gasteiger partial charge is 0.405 e. The molecule has 29 heavy (non-hydrogen) atoms. The molecule has 0 aliphatic carbocycles. The zero-order valence-electron chi connectivity index (χ0n) is 15.6. The van der Waals surface area contributed by atoms with E-state index in [2.05, 4.69) is 25.3 Å². The van der Waals surface area contributed by atoms with Gasteiger partial charge in [-0.15, -0.1) is 0 Å². The van der Waals surface area contributed by atoms with Gasteiger partial charge >= 0.3 is 6.18 Å². The maximum atomic E-state index is 13.5. The summed E-state index contributed by atoms with van der Waals surface area (Å²) < 4.78 is 50.8. The van der Waals surface area contributed by atoms with Crippen molar-refractivity contribution in [1.82, 2.24) is 25.3 Å². The first-order valence-corrected chi connectivity index (χ1v) is 8.70. The summed E-state index contributed by atoms with van der Waals surface area (Å²) in [6.45, 7) is 1.72. The Balaban J connectivity index is 1.86. The molecule has 0 bridgehead atoms. The van der Waals surface area contributed by atoms with Gasteiger partial charge in [-0.25, -0.2) is 19.3 Å². The smallest absolute Gasteiger partial charge is 0.356 e. The predicted molar refractivity (Wildman–Crippen MR) is 98.5 cm³/mol. The molecule has 1 amide bonds. The standard InChI is InChI=1S/C18H18F4N6O/c1-3-17(2,16(29)26-9-18(20,21)22)28-13-4-5-23-15(27-13)12-8-25-14-11(12)6-10(19)7-24-14/h4-8H,3,9H2,1-2H3,(H,24,25)(H,26,29)(H,23,27,28). The van der Waals surface area contributed by atoms with Crippen LogP contribution >= 0.6 is 0 Å². The first kappa shape index (κ1) is 20.5. The van der Waals surface area contributed by atoms with Crippen molar-refractivity contribution in [2.45, 2.75) is 32.0 Å². The van der Waals surface area contributed by atoms with Crippen LogP contribution in [0.25, 0.3) is 22.4 Å². The number of carbonyl (C=O) groups is 1. The molecule has 0 saturated carbocycles. The average Bonchev–Trinajstić information content (AvgIpc) is 3.08. The molecule has 0 fully saturated rings. The van der Waals surface area contributed by atoms with Crippen molar-refractivity contribution in [2.24, 2.45) is 0 Å². The normalized spacial score (nSPS) is 13.9. The molecule has 0 spiro atoms. The SMILES string of the molecule is CCC(C)(Nc1ccnc(-c2c[nH]c3ncc(F)cc23)n1)C(=O)NCC(F)(F)F. The molecular formula is C18H18F4N6O. The minimum atomic E-state index is -4.51. The van der Waals surface area contributed by atoms with E-state index < -0.39 is 30.0 Å². The van der Waals surface area contributed by atoms with Gasteiger partial charge in [-0.3, -0.25) is 4.79 Å². The molecule has 11 heteroatoms. The van der Waals surface area contributed by atoms with E-state index in [0.717, 1.165) is 6.20 Å². The number of amides is 1. The Morgan fingerprint density at radius 2 is 2.03 bits per heavy atom. The Morgan fingerprint density at radius 1 is 1.28 bits per heavy atom. The molecule has 3 N–H and O–H groups in total. The van der Waals surface area contributed by atoms with Crippen LogP contribution in [-0.2, 0) is 4.79 Å². The molecule has 0 aromatic carbocycles. The molecule has 3 aromatic heterocycles. The van der Waals surface area contributed by atoms with Crippen molar-refractivity contribution < 1.29 is 22.4 Å². The summed E-state index contributed by atoms with van der Waals surface area (Å²) in [5.74, 6) is -0.855. The third-order valence-corrected chi connectivity index (χ3v) is 4.46. The molecule has 3 rings (SSSR count). The Morgan fingerprint density at radius 3 is 2.72 bits per heavy atom. The molecule has 0 aliphatic heterocycles. The lowest BCUT2D eigenvalue weighted by molar-refractivity contribution is -0.140. The predicted octanol–water partition coefficient (Wildman–Crippen LogP) is 3.42. The van der Waals surface area contributed by atoms with Gasteiger partial charge in [-0.1, -0.05) is 6.92 Å². The van der Waals surface area contributed by atoms with Gasteiger partial charge in [0.15, 0.2) is 5.82 Å². The van der Waals surface area contributed by atoms with E-state index in [1.165, 1.54) is 25.3 Å². The highest BCUT2D eigenvalue weighted by molar-refractivity contribution is 5.92. The van der Waals surface area contributed by atoms with Crippen LogP contribution in [0.3, 0.4) is 0 Å². The second kappa shape index (κ2) is 7.64. The number of alkyl halides is 3. The van der Waals surface area contributed by atoms with Gasteiger partial charge in [0.2, 0.25) is 5.91 Å². The fraction of sp³-hybridized carbons (Fsp3) is 0.333. The van der Waals surface area contributed by atoms with Crippen LogP contribution in [0.2, 0.25) is 0 Å². The minimum Gasteiger partial charge on any atom is -0.356 e. The van der Waals surface area contributed by atoms with E-state index in [1.807, 2.05) is 5.32 Å². The Bertz CT molecular complexity index is 1030. The number of carbonyl (C=O) groups excluding carboxylic acids is 1. The van der Waals surface area contributed by atoms with E-state index >= 15 is 0 Å². The van der Waals surface area contributed by atoms with Gasteiger partial charge in [0, 0.05) is 23.3 Å². The van der Waals surface area contributed by atoms with Crippen molar-refractivity contribution in [3.63, 3.8) is 0 Å². The van der Waals surface area contributed by atoms with Gasteiger partial charge in [-0.2, -0.15) is 13.2 Å². The number of rotatable bonds is 6. The number of aromatic nitrogens is 4. The van der Waals surface area contributed by atoms with Crippen molar-refractivity contribution in [3.05, 3.63) is 36.5 Å². The van der Waals surface area contributed by atoms with Crippen molar-refractivity contribution >= 4 is 22.8 Å². The maximum Gasteiger partial charge on any atom is 0.405 e. The number of nitrogens with zero attached hydrogens (tertiary/aromatic N) is 3. The van der Waals surface area contributed by atoms with E-state index in [0.29, 0.717) is 16.6 Å². The third kappa shape index (κ3) is 4.61. The van der Waals surface area contributed by atoms with Crippen LogP contribution in [0, 0.1) is 5.82 Å². The Labute approximate surface area is 163 Å². The number of pyridine rings is 1. The van der Waals surface area contributed by atoms with Crippen LogP contribution in [0.5, 0.6) is 0 Å². The Kier molecular flexibility index (Phi) is 5.40. The first-order valence-electron chi connectivity index (χ1n) is 8.70. The van der Waals surface area contributed by atoms with Crippen LogP contribution < -0.4 is 10.6 Å².